The van der Waals surface area contributed by atoms with Crippen molar-refractivity contribution in [3.8, 4) is 0 Å². The summed E-state index contributed by atoms with van der Waals surface area (Å²) in [5.41, 5.74) is 0. The third-order valence-corrected chi connectivity index (χ3v) is 4.92. The molecule has 1 N–H and O–H groups in total. The molecule has 1 unspecified atom stereocenters. The van der Waals surface area contributed by atoms with Crippen molar-refractivity contribution in [3.05, 3.63) is 24.3 Å². The molecule has 1 rings (SSSR count). The van der Waals surface area contributed by atoms with Crippen molar-refractivity contribution in [3.63, 3.8) is 0 Å². The second-order valence-corrected chi connectivity index (χ2v) is 7.38. The van der Waals surface area contributed by atoms with Crippen LogP contribution in [-0.2, 0) is 14.6 Å². The Kier molecular flexibility index (Phi) is 5.22. The number of hydrogen-bond acceptors (Lipinski definition) is 4. The summed E-state index contributed by atoms with van der Waals surface area (Å²) >= 11 is 1.46. The highest BCUT2D eigenvalue weighted by molar-refractivity contribution is 8.00. The van der Waals surface area contributed by atoms with Crippen LogP contribution < -0.4 is 0 Å². The van der Waals surface area contributed by atoms with Crippen molar-refractivity contribution in [2.75, 3.05) is 6.26 Å². The molecule has 0 aromatic heterocycles. The average molecular weight is 288 g/mol. The third kappa shape index (κ3) is 4.70. The molecule has 0 heterocycles. The number of benzene rings is 1. The first-order chi connectivity index (χ1) is 8.32. The lowest BCUT2D eigenvalue weighted by atomic mass is 10.2. The van der Waals surface area contributed by atoms with E-state index in [-0.39, 0.29) is 16.6 Å². The first kappa shape index (κ1) is 15.0. The van der Waals surface area contributed by atoms with Gasteiger partial charge in [0.25, 0.3) is 0 Å². The van der Waals surface area contributed by atoms with Gasteiger partial charge in [0.2, 0.25) is 0 Å². The zero-order chi connectivity index (χ0) is 13.8. The van der Waals surface area contributed by atoms with Gasteiger partial charge >= 0.3 is 5.97 Å². The maximum atomic E-state index is 11.3. The molecule has 0 spiro atoms. The number of carboxylic acids is 1. The topological polar surface area (TPSA) is 71.4 Å². The quantitative estimate of drug-likeness (QED) is 0.814. The normalized spacial score (nSPS) is 13.2. The van der Waals surface area contributed by atoms with Gasteiger partial charge in [-0.2, -0.15) is 0 Å². The second kappa shape index (κ2) is 6.24. The molecule has 0 aliphatic carbocycles. The molecular formula is C12H16O4S2. The molecule has 0 saturated carbocycles. The number of carbonyl (C=O) groups is 1. The highest BCUT2D eigenvalue weighted by Gasteiger charge is 2.13. The molecule has 0 fully saturated rings. The zero-order valence-corrected chi connectivity index (χ0v) is 11.9. The molecule has 1 aromatic rings. The van der Waals surface area contributed by atoms with Crippen molar-refractivity contribution in [1.29, 1.82) is 0 Å². The molecule has 100 valence electrons. The third-order valence-electron chi connectivity index (χ3n) is 2.41. The molecule has 1 atom stereocenters. The largest absolute Gasteiger partial charge is 0.481 e. The molecule has 0 aliphatic heterocycles. The number of sulfone groups is 1. The number of thioether (sulfide) groups is 1. The van der Waals surface area contributed by atoms with Crippen LogP contribution in [-0.4, -0.2) is 31.0 Å². The van der Waals surface area contributed by atoms with Gasteiger partial charge in [0.05, 0.1) is 11.3 Å². The van der Waals surface area contributed by atoms with Gasteiger partial charge in [0.1, 0.15) is 0 Å². The van der Waals surface area contributed by atoms with Crippen LogP contribution >= 0.6 is 11.8 Å². The molecule has 0 aliphatic rings. The van der Waals surface area contributed by atoms with E-state index in [0.29, 0.717) is 0 Å². The lowest BCUT2D eigenvalue weighted by Crippen LogP contribution is -2.08. The predicted octanol–water partition coefficient (Wildman–Crippen LogP) is 2.44. The van der Waals surface area contributed by atoms with Crippen LogP contribution in [0.3, 0.4) is 0 Å². The summed E-state index contributed by atoms with van der Waals surface area (Å²) in [6, 6.07) is 6.52. The smallest absolute Gasteiger partial charge is 0.304 e. The fourth-order valence-corrected chi connectivity index (χ4v) is 3.12. The second-order valence-electron chi connectivity index (χ2n) is 3.99. The maximum absolute atomic E-state index is 11.3. The molecule has 0 radical (unpaired) electrons. The summed E-state index contributed by atoms with van der Waals surface area (Å²) in [7, 11) is -3.18. The Hall–Kier alpha value is -1.01. The molecule has 18 heavy (non-hydrogen) atoms. The fraction of sp³-hybridized carbons (Fsp3) is 0.417. The Bertz CT molecular complexity index is 505. The minimum atomic E-state index is -3.18. The fourth-order valence-electron chi connectivity index (χ4n) is 1.42. The molecule has 1 aromatic carbocycles. The van der Waals surface area contributed by atoms with Crippen LogP contribution in [0.1, 0.15) is 19.8 Å². The molecule has 4 nitrogen and oxygen atoms in total. The van der Waals surface area contributed by atoms with Crippen LogP contribution in [0.4, 0.5) is 0 Å². The summed E-state index contributed by atoms with van der Waals surface area (Å²) in [5.74, 6) is -0.817. The van der Waals surface area contributed by atoms with Gasteiger partial charge in [0.15, 0.2) is 9.84 Å². The van der Waals surface area contributed by atoms with Crippen molar-refractivity contribution in [1.82, 2.24) is 0 Å². The molecular weight excluding hydrogens is 272 g/mol. The molecule has 0 bridgehead atoms. The molecule has 0 saturated heterocycles. The van der Waals surface area contributed by atoms with E-state index < -0.39 is 15.8 Å². The first-order valence-corrected chi connectivity index (χ1v) is 8.28. The standard InChI is InChI=1S/C12H16O4S2/c1-3-9(8-12(13)14)17-10-4-6-11(7-5-10)18(2,15)16/h4-7,9H,3,8H2,1-2H3,(H,13,14). The molecule has 6 heteroatoms. The monoisotopic (exact) mass is 288 g/mol. The summed E-state index contributed by atoms with van der Waals surface area (Å²) in [6.07, 6.45) is 2.02. The Morgan fingerprint density at radius 2 is 1.89 bits per heavy atom. The summed E-state index contributed by atoms with van der Waals surface area (Å²) < 4.78 is 22.6. The van der Waals surface area contributed by atoms with Crippen molar-refractivity contribution in [2.45, 2.75) is 34.8 Å². The highest BCUT2D eigenvalue weighted by Crippen LogP contribution is 2.28. The van der Waals surface area contributed by atoms with Gasteiger partial charge in [-0.15, -0.1) is 11.8 Å². The Labute approximate surface area is 111 Å². The van der Waals surface area contributed by atoms with Crippen LogP contribution in [0.5, 0.6) is 0 Å². The van der Waals surface area contributed by atoms with E-state index in [1.807, 2.05) is 6.92 Å². The first-order valence-electron chi connectivity index (χ1n) is 5.51. The van der Waals surface area contributed by atoms with Crippen molar-refractivity contribution in [2.24, 2.45) is 0 Å². The summed E-state index contributed by atoms with van der Waals surface area (Å²) in [5, 5.41) is 8.76. The Morgan fingerprint density at radius 1 is 1.33 bits per heavy atom. The zero-order valence-electron chi connectivity index (χ0n) is 10.3. The van der Waals surface area contributed by atoms with Gasteiger partial charge in [-0.1, -0.05) is 6.92 Å². The van der Waals surface area contributed by atoms with Crippen LogP contribution in [0.25, 0.3) is 0 Å². The van der Waals surface area contributed by atoms with Crippen LogP contribution in [0.15, 0.2) is 34.1 Å². The van der Waals surface area contributed by atoms with E-state index in [9.17, 15) is 13.2 Å². The number of carboxylic acid groups (broad SMARTS) is 1. The predicted molar refractivity (Wildman–Crippen MR) is 71.7 cm³/mol. The van der Waals surface area contributed by atoms with Crippen LogP contribution in [0, 0.1) is 0 Å². The average Bonchev–Trinajstić information content (AvgIpc) is 2.27. The minimum absolute atomic E-state index is 0.00610. The van der Waals surface area contributed by atoms with Gasteiger partial charge in [-0.3, -0.25) is 4.79 Å². The van der Waals surface area contributed by atoms with Crippen molar-refractivity contribution >= 4 is 27.6 Å². The van der Waals surface area contributed by atoms with Gasteiger partial charge in [-0.05, 0) is 30.7 Å². The maximum Gasteiger partial charge on any atom is 0.304 e. The lowest BCUT2D eigenvalue weighted by Gasteiger charge is -2.12. The highest BCUT2D eigenvalue weighted by atomic mass is 32.2. The summed E-state index contributed by atoms with van der Waals surface area (Å²) in [6.45, 7) is 1.94. The summed E-state index contributed by atoms with van der Waals surface area (Å²) in [4.78, 5) is 11.8. The van der Waals surface area contributed by atoms with Gasteiger partial charge in [0, 0.05) is 16.4 Å². The number of aliphatic carboxylic acids is 1. The Balaban J connectivity index is 2.77. The van der Waals surface area contributed by atoms with E-state index in [0.717, 1.165) is 17.6 Å². The minimum Gasteiger partial charge on any atom is -0.481 e. The number of rotatable bonds is 6. The SMILES string of the molecule is CCC(CC(=O)O)Sc1ccc(S(C)(=O)=O)cc1. The number of hydrogen-bond donors (Lipinski definition) is 1. The van der Waals surface area contributed by atoms with Crippen molar-refractivity contribution < 1.29 is 18.3 Å². The lowest BCUT2D eigenvalue weighted by molar-refractivity contribution is -0.136. The van der Waals surface area contributed by atoms with Gasteiger partial charge in [-0.25, -0.2) is 8.42 Å². The van der Waals surface area contributed by atoms with E-state index in [4.69, 9.17) is 5.11 Å². The van der Waals surface area contributed by atoms with E-state index in [2.05, 4.69) is 0 Å². The Morgan fingerprint density at radius 3 is 2.28 bits per heavy atom. The van der Waals surface area contributed by atoms with E-state index in [1.165, 1.54) is 11.8 Å². The molecule has 0 amide bonds. The van der Waals surface area contributed by atoms with E-state index >= 15 is 0 Å². The van der Waals surface area contributed by atoms with Gasteiger partial charge < -0.3 is 5.11 Å². The van der Waals surface area contributed by atoms with Crippen LogP contribution in [0.2, 0.25) is 0 Å². The van der Waals surface area contributed by atoms with E-state index in [1.54, 1.807) is 24.3 Å².